The minimum Gasteiger partial charge on any atom is -0.335 e. The minimum absolute atomic E-state index is 0.0623. The summed E-state index contributed by atoms with van der Waals surface area (Å²) in [5.41, 5.74) is 0. The van der Waals surface area contributed by atoms with E-state index in [0.717, 1.165) is 37.5 Å². The smallest absolute Gasteiger partial charge is 0.315 e. The van der Waals surface area contributed by atoms with Crippen LogP contribution in [0.15, 0.2) is 0 Å². The van der Waals surface area contributed by atoms with Crippen LogP contribution in [0, 0.1) is 11.8 Å². The molecular weight excluding hydrogens is 350 g/mol. The average Bonchev–Trinajstić information content (AvgIpc) is 3.48. The Morgan fingerprint density at radius 2 is 1.42 bits per heavy atom. The van der Waals surface area contributed by atoms with E-state index in [1.54, 1.807) is 4.31 Å². The number of urea groups is 1. The van der Waals surface area contributed by atoms with E-state index in [9.17, 15) is 13.2 Å². The summed E-state index contributed by atoms with van der Waals surface area (Å²) in [4.78, 5) is 12.4. The molecule has 1 saturated heterocycles. The number of amides is 2. The first-order valence-electron chi connectivity index (χ1n) is 10.6. The standard InChI is InChI=1S/C19H33N3O3S/c23-19(21-17-6-5-14-3-1-2-4-15(14)13-17)20-16-9-11-22(12-10-16)26(24,25)18-7-8-18/h14-18H,1-13H2,(H2,20,21,23). The minimum atomic E-state index is -3.07. The predicted octanol–water partition coefficient (Wildman–Crippen LogP) is 2.60. The summed E-state index contributed by atoms with van der Waals surface area (Å²) in [5, 5.41) is 6.14. The lowest BCUT2D eigenvalue weighted by Crippen LogP contribution is -2.52. The first kappa shape index (κ1) is 18.5. The molecule has 0 radical (unpaired) electrons. The molecule has 6 nitrogen and oxygen atoms in total. The highest BCUT2D eigenvalue weighted by molar-refractivity contribution is 7.90. The van der Waals surface area contributed by atoms with E-state index >= 15 is 0 Å². The van der Waals surface area contributed by atoms with E-state index in [1.807, 2.05) is 0 Å². The van der Waals surface area contributed by atoms with Crippen molar-refractivity contribution in [2.75, 3.05) is 13.1 Å². The van der Waals surface area contributed by atoms with Crippen molar-refractivity contribution >= 4 is 16.1 Å². The number of fused-ring (bicyclic) bond motifs is 1. The van der Waals surface area contributed by atoms with Gasteiger partial charge >= 0.3 is 6.03 Å². The fourth-order valence-corrected chi connectivity index (χ4v) is 7.12. The van der Waals surface area contributed by atoms with Gasteiger partial charge in [-0.05, 0) is 56.8 Å². The molecule has 3 atom stereocenters. The van der Waals surface area contributed by atoms with Crippen molar-refractivity contribution in [3.63, 3.8) is 0 Å². The van der Waals surface area contributed by atoms with Crippen LogP contribution in [0.3, 0.4) is 0 Å². The molecule has 4 aliphatic rings. The number of nitrogens with zero attached hydrogens (tertiary/aromatic N) is 1. The van der Waals surface area contributed by atoms with Crippen molar-refractivity contribution in [1.29, 1.82) is 0 Å². The Kier molecular flexibility index (Phi) is 5.46. The van der Waals surface area contributed by atoms with Crippen molar-refractivity contribution in [3.05, 3.63) is 0 Å². The first-order chi connectivity index (χ1) is 12.5. The molecule has 4 rings (SSSR count). The van der Waals surface area contributed by atoms with E-state index in [4.69, 9.17) is 0 Å². The van der Waals surface area contributed by atoms with Gasteiger partial charge in [-0.3, -0.25) is 0 Å². The normalized spacial score (nSPS) is 34.1. The van der Waals surface area contributed by atoms with Gasteiger partial charge in [0.25, 0.3) is 0 Å². The predicted molar refractivity (Wildman–Crippen MR) is 101 cm³/mol. The molecule has 26 heavy (non-hydrogen) atoms. The van der Waals surface area contributed by atoms with E-state index in [0.29, 0.717) is 32.0 Å². The van der Waals surface area contributed by atoms with Gasteiger partial charge in [0.1, 0.15) is 0 Å². The van der Waals surface area contributed by atoms with Gasteiger partial charge in [0.2, 0.25) is 10.0 Å². The summed E-state index contributed by atoms with van der Waals surface area (Å²) in [6.07, 6.45) is 12.0. The Balaban J connectivity index is 1.20. The maximum absolute atomic E-state index is 12.4. The zero-order valence-corrected chi connectivity index (χ0v) is 16.5. The fourth-order valence-electron chi connectivity index (χ4n) is 5.25. The molecule has 3 aliphatic carbocycles. The molecule has 3 unspecified atom stereocenters. The number of hydrogen-bond donors (Lipinski definition) is 2. The van der Waals surface area contributed by atoms with E-state index in [2.05, 4.69) is 10.6 Å². The molecular formula is C19H33N3O3S. The molecule has 1 aliphatic heterocycles. The van der Waals surface area contributed by atoms with Crippen LogP contribution in [0.2, 0.25) is 0 Å². The van der Waals surface area contributed by atoms with Crippen LogP contribution in [0.1, 0.15) is 70.6 Å². The third-order valence-electron chi connectivity index (χ3n) is 6.97. The topological polar surface area (TPSA) is 78.5 Å². The Hall–Kier alpha value is -0.820. The second-order valence-electron chi connectivity index (χ2n) is 8.85. The highest BCUT2D eigenvalue weighted by Crippen LogP contribution is 2.40. The van der Waals surface area contributed by atoms with Crippen LogP contribution >= 0.6 is 0 Å². The number of rotatable bonds is 4. The molecule has 0 aromatic heterocycles. The maximum atomic E-state index is 12.4. The highest BCUT2D eigenvalue weighted by atomic mass is 32.2. The molecule has 1 heterocycles. The molecule has 2 N–H and O–H groups in total. The number of carbonyl (C=O) groups excluding carboxylic acids is 1. The summed E-state index contributed by atoms with van der Waals surface area (Å²) in [7, 11) is -3.07. The van der Waals surface area contributed by atoms with Gasteiger partial charge in [0.15, 0.2) is 0 Å². The van der Waals surface area contributed by atoms with Crippen LogP contribution in [-0.4, -0.2) is 49.2 Å². The van der Waals surface area contributed by atoms with Gasteiger partial charge in [-0.15, -0.1) is 0 Å². The number of piperidine rings is 1. The summed E-state index contributed by atoms with van der Waals surface area (Å²) >= 11 is 0. The quantitative estimate of drug-likeness (QED) is 0.783. The number of carbonyl (C=O) groups is 1. The largest absolute Gasteiger partial charge is 0.335 e. The molecule has 0 aromatic rings. The summed E-state index contributed by atoms with van der Waals surface area (Å²) in [6.45, 7) is 1.08. The molecule has 7 heteroatoms. The summed E-state index contributed by atoms with van der Waals surface area (Å²) in [6, 6.07) is 0.337. The molecule has 2 amide bonds. The van der Waals surface area contributed by atoms with Gasteiger partial charge in [-0.2, -0.15) is 0 Å². The van der Waals surface area contributed by atoms with Crippen LogP contribution in [0.4, 0.5) is 4.79 Å². The second-order valence-corrected chi connectivity index (χ2v) is 11.1. The Morgan fingerprint density at radius 1 is 0.769 bits per heavy atom. The summed E-state index contributed by atoms with van der Waals surface area (Å²) < 4.78 is 26.2. The Labute approximate surface area is 157 Å². The van der Waals surface area contributed by atoms with Gasteiger partial charge in [-0.25, -0.2) is 17.5 Å². The van der Waals surface area contributed by atoms with E-state index in [1.165, 1.54) is 32.1 Å². The lowest BCUT2D eigenvalue weighted by molar-refractivity contribution is 0.144. The zero-order chi connectivity index (χ0) is 18.1. The van der Waals surface area contributed by atoms with Gasteiger partial charge < -0.3 is 10.6 Å². The Bertz CT molecular complexity index is 612. The third kappa shape index (κ3) is 4.19. The van der Waals surface area contributed by atoms with E-state index < -0.39 is 10.0 Å². The van der Waals surface area contributed by atoms with Gasteiger partial charge in [-0.1, -0.05) is 25.7 Å². The molecule has 0 aromatic carbocycles. The summed E-state index contributed by atoms with van der Waals surface area (Å²) in [5.74, 6) is 1.70. The zero-order valence-electron chi connectivity index (χ0n) is 15.7. The number of sulfonamides is 1. The molecule has 3 saturated carbocycles. The van der Waals surface area contributed by atoms with E-state index in [-0.39, 0.29) is 17.3 Å². The van der Waals surface area contributed by atoms with Crippen molar-refractivity contribution in [1.82, 2.24) is 14.9 Å². The maximum Gasteiger partial charge on any atom is 0.315 e. The SMILES string of the molecule is O=C(NC1CCN(S(=O)(=O)C2CC2)CC1)NC1CCC2CCCCC2C1. The Morgan fingerprint density at radius 3 is 2.12 bits per heavy atom. The van der Waals surface area contributed by atoms with Crippen LogP contribution in [0.5, 0.6) is 0 Å². The lowest BCUT2D eigenvalue weighted by atomic mass is 9.69. The van der Waals surface area contributed by atoms with Crippen LogP contribution < -0.4 is 10.6 Å². The number of nitrogens with one attached hydrogen (secondary N) is 2. The van der Waals surface area contributed by atoms with Crippen molar-refractivity contribution in [3.8, 4) is 0 Å². The fraction of sp³-hybridized carbons (Fsp3) is 0.947. The lowest BCUT2D eigenvalue weighted by Gasteiger charge is -2.39. The van der Waals surface area contributed by atoms with Gasteiger partial charge in [0, 0.05) is 25.2 Å². The monoisotopic (exact) mass is 383 g/mol. The van der Waals surface area contributed by atoms with Crippen molar-refractivity contribution < 1.29 is 13.2 Å². The number of hydrogen-bond acceptors (Lipinski definition) is 3. The first-order valence-corrected chi connectivity index (χ1v) is 12.1. The molecule has 4 fully saturated rings. The average molecular weight is 384 g/mol. The second kappa shape index (κ2) is 7.66. The van der Waals surface area contributed by atoms with Crippen molar-refractivity contribution in [2.24, 2.45) is 11.8 Å². The van der Waals surface area contributed by atoms with Crippen molar-refractivity contribution in [2.45, 2.75) is 88.0 Å². The highest BCUT2D eigenvalue weighted by Gasteiger charge is 2.41. The molecule has 148 valence electrons. The van der Waals surface area contributed by atoms with Crippen LogP contribution in [0.25, 0.3) is 0 Å². The molecule has 0 bridgehead atoms. The van der Waals surface area contributed by atoms with Gasteiger partial charge in [0.05, 0.1) is 5.25 Å². The molecule has 0 spiro atoms. The third-order valence-corrected chi connectivity index (χ3v) is 9.37. The van der Waals surface area contributed by atoms with Crippen LogP contribution in [-0.2, 0) is 10.0 Å².